The summed E-state index contributed by atoms with van der Waals surface area (Å²) in [6.45, 7) is 3.91. The van der Waals surface area contributed by atoms with E-state index in [4.69, 9.17) is 4.42 Å². The van der Waals surface area contributed by atoms with Crippen molar-refractivity contribution >= 4 is 11.7 Å². The van der Waals surface area contributed by atoms with Gasteiger partial charge >= 0.3 is 6.03 Å². The van der Waals surface area contributed by atoms with Crippen molar-refractivity contribution in [3.8, 4) is 11.3 Å². The molecule has 4 rings (SSSR count). The van der Waals surface area contributed by atoms with E-state index in [0.29, 0.717) is 12.8 Å². The fourth-order valence-corrected chi connectivity index (χ4v) is 4.16. The molecule has 0 spiro atoms. The number of aryl methyl sites for hydroxylation is 2. The SMILES string of the molecule is Cc1ccc(-c2ccc(C)c(NC(=O)N3C4CCC3CC(O)C4)c2)o1. The Labute approximate surface area is 147 Å². The van der Waals surface area contributed by atoms with Crippen molar-refractivity contribution in [3.05, 3.63) is 41.7 Å². The lowest BCUT2D eigenvalue weighted by Gasteiger charge is -2.37. The van der Waals surface area contributed by atoms with Crippen LogP contribution in [0.3, 0.4) is 0 Å². The zero-order chi connectivity index (χ0) is 17.6. The van der Waals surface area contributed by atoms with Crippen LogP contribution in [0.1, 0.15) is 37.0 Å². The van der Waals surface area contributed by atoms with Crippen LogP contribution in [0.2, 0.25) is 0 Å². The minimum atomic E-state index is -0.270. The standard InChI is InChI=1S/C20H24N2O3/c1-12-3-5-14(19-8-4-13(2)25-19)9-18(12)21-20(24)22-15-6-7-16(22)11-17(23)10-15/h3-5,8-9,15-17,23H,6-7,10-11H2,1-2H3,(H,21,24). The zero-order valence-electron chi connectivity index (χ0n) is 14.7. The highest BCUT2D eigenvalue weighted by Gasteiger charge is 2.42. The van der Waals surface area contributed by atoms with Crippen LogP contribution in [0, 0.1) is 13.8 Å². The first-order chi connectivity index (χ1) is 12.0. The average molecular weight is 340 g/mol. The van der Waals surface area contributed by atoms with E-state index in [1.165, 1.54) is 0 Å². The third kappa shape index (κ3) is 3.04. The van der Waals surface area contributed by atoms with Gasteiger partial charge in [0, 0.05) is 23.3 Å². The van der Waals surface area contributed by atoms with Crippen molar-refractivity contribution in [2.24, 2.45) is 0 Å². The van der Waals surface area contributed by atoms with E-state index >= 15 is 0 Å². The quantitative estimate of drug-likeness (QED) is 0.865. The van der Waals surface area contributed by atoms with E-state index in [1.54, 1.807) is 0 Å². The predicted molar refractivity (Wildman–Crippen MR) is 96.5 cm³/mol. The lowest BCUT2D eigenvalue weighted by Crippen LogP contribution is -2.49. The van der Waals surface area contributed by atoms with Gasteiger partial charge in [-0.3, -0.25) is 0 Å². The van der Waals surface area contributed by atoms with Gasteiger partial charge in [-0.05, 0) is 63.3 Å². The normalized spacial score (nSPS) is 25.2. The monoisotopic (exact) mass is 340 g/mol. The van der Waals surface area contributed by atoms with Crippen LogP contribution in [0.25, 0.3) is 11.3 Å². The largest absolute Gasteiger partial charge is 0.461 e. The molecule has 132 valence electrons. The molecule has 2 unspecified atom stereocenters. The number of urea groups is 1. The molecule has 2 aromatic rings. The number of carbonyl (C=O) groups excluding carboxylic acids is 1. The van der Waals surface area contributed by atoms with E-state index in [-0.39, 0.29) is 24.2 Å². The number of rotatable bonds is 2. The van der Waals surface area contributed by atoms with Crippen molar-refractivity contribution < 1.29 is 14.3 Å². The average Bonchev–Trinajstić information content (AvgIpc) is 3.11. The van der Waals surface area contributed by atoms with Gasteiger partial charge in [-0.1, -0.05) is 12.1 Å². The molecular weight excluding hydrogens is 316 g/mol. The van der Waals surface area contributed by atoms with Crippen LogP contribution in [-0.4, -0.2) is 34.2 Å². The maximum Gasteiger partial charge on any atom is 0.322 e. The second kappa shape index (κ2) is 6.23. The highest BCUT2D eigenvalue weighted by atomic mass is 16.3. The smallest absolute Gasteiger partial charge is 0.322 e. The van der Waals surface area contributed by atoms with Gasteiger partial charge in [0.1, 0.15) is 11.5 Å². The van der Waals surface area contributed by atoms with Gasteiger partial charge < -0.3 is 19.7 Å². The van der Waals surface area contributed by atoms with Gasteiger partial charge in [0.2, 0.25) is 0 Å². The fourth-order valence-electron chi connectivity index (χ4n) is 4.16. The number of furan rings is 1. The van der Waals surface area contributed by atoms with Crippen molar-refractivity contribution in [2.75, 3.05) is 5.32 Å². The predicted octanol–water partition coefficient (Wildman–Crippen LogP) is 4.08. The molecule has 2 saturated heterocycles. The maximum atomic E-state index is 12.8. The molecule has 0 saturated carbocycles. The molecule has 0 radical (unpaired) electrons. The first-order valence-electron chi connectivity index (χ1n) is 8.96. The number of nitrogens with one attached hydrogen (secondary N) is 1. The van der Waals surface area contributed by atoms with Gasteiger partial charge in [0.25, 0.3) is 0 Å². The number of amides is 2. The molecule has 2 amide bonds. The Morgan fingerprint density at radius 2 is 1.88 bits per heavy atom. The maximum absolute atomic E-state index is 12.8. The number of aliphatic hydroxyl groups excluding tert-OH is 1. The van der Waals surface area contributed by atoms with E-state index in [1.807, 2.05) is 49.1 Å². The molecule has 1 aromatic carbocycles. The molecule has 2 bridgehead atoms. The van der Waals surface area contributed by atoms with Crippen molar-refractivity contribution in [2.45, 2.75) is 57.7 Å². The van der Waals surface area contributed by atoms with Crippen molar-refractivity contribution in [1.82, 2.24) is 4.90 Å². The lowest BCUT2D eigenvalue weighted by atomic mass is 10.0. The number of benzene rings is 1. The Hall–Kier alpha value is -2.27. The third-order valence-corrected chi connectivity index (χ3v) is 5.45. The summed E-state index contributed by atoms with van der Waals surface area (Å²) >= 11 is 0. The second-order valence-electron chi connectivity index (χ2n) is 7.29. The number of fused-ring (bicyclic) bond motifs is 2. The highest BCUT2D eigenvalue weighted by molar-refractivity contribution is 5.91. The van der Waals surface area contributed by atoms with Crippen LogP contribution < -0.4 is 5.32 Å². The van der Waals surface area contributed by atoms with E-state index < -0.39 is 0 Å². The van der Waals surface area contributed by atoms with E-state index in [0.717, 1.165) is 41.2 Å². The molecule has 5 heteroatoms. The molecule has 2 atom stereocenters. The van der Waals surface area contributed by atoms with Crippen molar-refractivity contribution in [1.29, 1.82) is 0 Å². The molecule has 3 heterocycles. The number of piperidine rings is 1. The summed E-state index contributed by atoms with van der Waals surface area (Å²) in [5.41, 5.74) is 2.78. The summed E-state index contributed by atoms with van der Waals surface area (Å²) in [5.74, 6) is 1.67. The van der Waals surface area contributed by atoms with Gasteiger partial charge in [0.15, 0.2) is 0 Å². The number of hydrogen-bond acceptors (Lipinski definition) is 3. The third-order valence-electron chi connectivity index (χ3n) is 5.45. The number of carbonyl (C=O) groups is 1. The molecular formula is C20H24N2O3. The highest BCUT2D eigenvalue weighted by Crippen LogP contribution is 2.36. The van der Waals surface area contributed by atoms with Crippen LogP contribution in [0.4, 0.5) is 10.5 Å². The van der Waals surface area contributed by atoms with Crippen LogP contribution in [0.5, 0.6) is 0 Å². The van der Waals surface area contributed by atoms with Crippen LogP contribution in [-0.2, 0) is 0 Å². The molecule has 2 N–H and O–H groups in total. The van der Waals surface area contributed by atoms with Gasteiger partial charge in [-0.25, -0.2) is 4.79 Å². The van der Waals surface area contributed by atoms with Gasteiger partial charge in [-0.2, -0.15) is 0 Å². The summed E-state index contributed by atoms with van der Waals surface area (Å²) in [7, 11) is 0. The Bertz CT molecular complexity index is 784. The van der Waals surface area contributed by atoms with E-state index in [2.05, 4.69) is 5.32 Å². The summed E-state index contributed by atoms with van der Waals surface area (Å²) in [6, 6.07) is 10.1. The molecule has 25 heavy (non-hydrogen) atoms. The molecule has 1 aromatic heterocycles. The Morgan fingerprint density at radius 3 is 2.52 bits per heavy atom. The molecule has 5 nitrogen and oxygen atoms in total. The molecule has 2 aliphatic rings. The minimum Gasteiger partial charge on any atom is -0.461 e. The second-order valence-corrected chi connectivity index (χ2v) is 7.29. The Kier molecular flexibility index (Phi) is 4.04. The van der Waals surface area contributed by atoms with Crippen molar-refractivity contribution in [3.63, 3.8) is 0 Å². The Morgan fingerprint density at radius 1 is 1.16 bits per heavy atom. The molecule has 2 fully saturated rings. The van der Waals surface area contributed by atoms with Gasteiger partial charge in [-0.15, -0.1) is 0 Å². The fraction of sp³-hybridized carbons (Fsp3) is 0.450. The topological polar surface area (TPSA) is 65.7 Å². The lowest BCUT2D eigenvalue weighted by molar-refractivity contribution is 0.0580. The number of aliphatic hydroxyl groups is 1. The summed E-state index contributed by atoms with van der Waals surface area (Å²) in [5, 5.41) is 13.0. The van der Waals surface area contributed by atoms with Gasteiger partial charge in [0.05, 0.1) is 6.10 Å². The van der Waals surface area contributed by atoms with Crippen LogP contribution >= 0.6 is 0 Å². The first-order valence-corrected chi connectivity index (χ1v) is 8.96. The minimum absolute atomic E-state index is 0.0599. The first kappa shape index (κ1) is 16.2. The number of anilines is 1. The molecule has 0 aliphatic carbocycles. The van der Waals surface area contributed by atoms with E-state index in [9.17, 15) is 9.90 Å². The van der Waals surface area contributed by atoms with Crippen LogP contribution in [0.15, 0.2) is 34.7 Å². The summed E-state index contributed by atoms with van der Waals surface area (Å²) in [6.07, 6.45) is 3.08. The number of hydrogen-bond donors (Lipinski definition) is 2. The summed E-state index contributed by atoms with van der Waals surface area (Å²) < 4.78 is 5.69. The number of nitrogens with zero attached hydrogens (tertiary/aromatic N) is 1. The Balaban J connectivity index is 1.55. The molecule has 2 aliphatic heterocycles. The zero-order valence-corrected chi connectivity index (χ0v) is 14.7. The summed E-state index contributed by atoms with van der Waals surface area (Å²) in [4.78, 5) is 14.8.